The van der Waals surface area contributed by atoms with Crippen LogP contribution >= 0.6 is 0 Å². The number of unbranched alkanes of at least 4 members (excludes halogenated alkanes) is 1. The van der Waals surface area contributed by atoms with Crippen molar-refractivity contribution in [3.8, 4) is 0 Å². The smallest absolute Gasteiger partial charge is 0.0704 e. The molecule has 0 aliphatic carbocycles. The van der Waals surface area contributed by atoms with Gasteiger partial charge >= 0.3 is 0 Å². The number of ether oxygens (including phenoxy) is 3. The molecule has 0 aromatic carbocycles. The van der Waals surface area contributed by atoms with Crippen molar-refractivity contribution in [2.75, 3.05) is 46.6 Å². The zero-order valence-corrected chi connectivity index (χ0v) is 11.7. The van der Waals surface area contributed by atoms with E-state index in [1.54, 1.807) is 7.11 Å². The standard InChI is InChI=1S/C13H29NO3/c1-4-5-7-14-12-13(2)17-11-10-16-9-6-8-15-3/h13-14H,4-12H2,1-3H3. The van der Waals surface area contributed by atoms with Crippen LogP contribution in [0.3, 0.4) is 0 Å². The Morgan fingerprint density at radius 3 is 2.59 bits per heavy atom. The van der Waals surface area contributed by atoms with Crippen molar-refractivity contribution in [3.63, 3.8) is 0 Å². The number of rotatable bonds is 13. The lowest BCUT2D eigenvalue weighted by Gasteiger charge is -2.14. The van der Waals surface area contributed by atoms with Crippen molar-refractivity contribution in [2.45, 2.75) is 39.2 Å². The van der Waals surface area contributed by atoms with E-state index >= 15 is 0 Å². The quantitative estimate of drug-likeness (QED) is 0.504. The zero-order valence-electron chi connectivity index (χ0n) is 11.7. The number of hydrogen-bond donors (Lipinski definition) is 1. The Kier molecular flexibility index (Phi) is 13.8. The molecule has 104 valence electrons. The number of nitrogens with one attached hydrogen (secondary N) is 1. The highest BCUT2D eigenvalue weighted by atomic mass is 16.5. The lowest BCUT2D eigenvalue weighted by molar-refractivity contribution is 0.00889. The highest BCUT2D eigenvalue weighted by Gasteiger charge is 2.00. The molecule has 0 aliphatic rings. The fourth-order valence-electron chi connectivity index (χ4n) is 1.38. The zero-order chi connectivity index (χ0) is 12.8. The Bertz CT molecular complexity index is 145. The first-order chi connectivity index (χ1) is 8.31. The minimum absolute atomic E-state index is 0.259. The molecule has 0 bridgehead atoms. The third kappa shape index (κ3) is 13.8. The molecule has 1 N–H and O–H groups in total. The van der Waals surface area contributed by atoms with Crippen molar-refractivity contribution in [2.24, 2.45) is 0 Å². The lowest BCUT2D eigenvalue weighted by atomic mass is 10.3. The summed E-state index contributed by atoms with van der Waals surface area (Å²) in [5, 5.41) is 3.37. The largest absolute Gasteiger partial charge is 0.385 e. The molecule has 0 spiro atoms. The predicted octanol–water partition coefficient (Wildman–Crippen LogP) is 1.83. The molecule has 0 radical (unpaired) electrons. The average molecular weight is 247 g/mol. The fraction of sp³-hybridized carbons (Fsp3) is 1.00. The van der Waals surface area contributed by atoms with Crippen molar-refractivity contribution >= 4 is 0 Å². The molecular weight excluding hydrogens is 218 g/mol. The van der Waals surface area contributed by atoms with Crippen LogP contribution in [0.2, 0.25) is 0 Å². The van der Waals surface area contributed by atoms with Crippen LogP contribution in [-0.2, 0) is 14.2 Å². The molecule has 0 heterocycles. The third-order valence-electron chi connectivity index (χ3n) is 2.41. The Labute approximate surface area is 106 Å². The van der Waals surface area contributed by atoms with E-state index < -0.39 is 0 Å². The van der Waals surface area contributed by atoms with E-state index in [2.05, 4.69) is 19.2 Å². The summed E-state index contributed by atoms with van der Waals surface area (Å²) in [5.41, 5.74) is 0. The Morgan fingerprint density at radius 1 is 1.06 bits per heavy atom. The summed E-state index contributed by atoms with van der Waals surface area (Å²) in [6.45, 7) is 9.14. The van der Waals surface area contributed by atoms with Crippen molar-refractivity contribution in [3.05, 3.63) is 0 Å². The van der Waals surface area contributed by atoms with Crippen LogP contribution in [0.4, 0.5) is 0 Å². The molecule has 0 rings (SSSR count). The highest BCUT2D eigenvalue weighted by Crippen LogP contribution is 1.91. The first-order valence-corrected chi connectivity index (χ1v) is 6.70. The van der Waals surface area contributed by atoms with Gasteiger partial charge in [0.25, 0.3) is 0 Å². The monoisotopic (exact) mass is 247 g/mol. The number of methoxy groups -OCH3 is 1. The molecule has 0 fully saturated rings. The van der Waals surface area contributed by atoms with Crippen LogP contribution in [0.25, 0.3) is 0 Å². The Hall–Kier alpha value is -0.160. The van der Waals surface area contributed by atoms with Crippen molar-refractivity contribution in [1.82, 2.24) is 5.32 Å². The van der Waals surface area contributed by atoms with E-state index in [1.165, 1.54) is 12.8 Å². The van der Waals surface area contributed by atoms with Crippen LogP contribution in [0.1, 0.15) is 33.1 Å². The topological polar surface area (TPSA) is 39.7 Å². The second-order valence-corrected chi connectivity index (χ2v) is 4.20. The maximum atomic E-state index is 5.61. The number of hydrogen-bond acceptors (Lipinski definition) is 4. The highest BCUT2D eigenvalue weighted by molar-refractivity contribution is 4.55. The van der Waals surface area contributed by atoms with Gasteiger partial charge in [-0.25, -0.2) is 0 Å². The summed E-state index contributed by atoms with van der Waals surface area (Å²) in [4.78, 5) is 0. The normalized spacial score (nSPS) is 12.9. The van der Waals surface area contributed by atoms with Gasteiger partial charge in [-0.15, -0.1) is 0 Å². The summed E-state index contributed by atoms with van der Waals surface area (Å²) in [6.07, 6.45) is 3.67. The van der Waals surface area contributed by atoms with Gasteiger partial charge in [-0.2, -0.15) is 0 Å². The molecule has 0 aliphatic heterocycles. The summed E-state index contributed by atoms with van der Waals surface area (Å²) < 4.78 is 15.9. The minimum atomic E-state index is 0.259. The average Bonchev–Trinajstić information content (AvgIpc) is 2.33. The summed E-state index contributed by atoms with van der Waals surface area (Å²) >= 11 is 0. The maximum absolute atomic E-state index is 5.61. The predicted molar refractivity (Wildman–Crippen MR) is 70.5 cm³/mol. The second-order valence-electron chi connectivity index (χ2n) is 4.20. The molecule has 0 saturated carbocycles. The van der Waals surface area contributed by atoms with Crippen LogP contribution in [0.5, 0.6) is 0 Å². The van der Waals surface area contributed by atoms with Gasteiger partial charge in [0.15, 0.2) is 0 Å². The van der Waals surface area contributed by atoms with Crippen LogP contribution < -0.4 is 5.32 Å². The molecule has 4 nitrogen and oxygen atoms in total. The van der Waals surface area contributed by atoms with E-state index in [-0.39, 0.29) is 6.10 Å². The summed E-state index contributed by atoms with van der Waals surface area (Å²) in [7, 11) is 1.70. The molecular formula is C13H29NO3. The van der Waals surface area contributed by atoms with Crippen molar-refractivity contribution < 1.29 is 14.2 Å². The Balaban J connectivity index is 3.08. The van der Waals surface area contributed by atoms with Gasteiger partial charge in [0.1, 0.15) is 0 Å². The van der Waals surface area contributed by atoms with Crippen LogP contribution in [0, 0.1) is 0 Å². The Morgan fingerprint density at radius 2 is 1.88 bits per heavy atom. The van der Waals surface area contributed by atoms with Gasteiger partial charge < -0.3 is 19.5 Å². The second kappa shape index (κ2) is 13.9. The van der Waals surface area contributed by atoms with Crippen molar-refractivity contribution in [1.29, 1.82) is 0 Å². The van der Waals surface area contributed by atoms with E-state index in [9.17, 15) is 0 Å². The van der Waals surface area contributed by atoms with Gasteiger partial charge in [-0.05, 0) is 26.3 Å². The maximum Gasteiger partial charge on any atom is 0.0704 e. The van der Waals surface area contributed by atoms with E-state index in [4.69, 9.17) is 14.2 Å². The van der Waals surface area contributed by atoms with Gasteiger partial charge in [-0.1, -0.05) is 13.3 Å². The fourth-order valence-corrected chi connectivity index (χ4v) is 1.38. The molecule has 1 atom stereocenters. The van der Waals surface area contributed by atoms with E-state index in [0.717, 1.165) is 32.7 Å². The molecule has 4 heteroatoms. The van der Waals surface area contributed by atoms with Gasteiger partial charge in [0, 0.05) is 26.9 Å². The molecule has 1 unspecified atom stereocenters. The lowest BCUT2D eigenvalue weighted by Crippen LogP contribution is -2.28. The minimum Gasteiger partial charge on any atom is -0.385 e. The van der Waals surface area contributed by atoms with Crippen LogP contribution in [0.15, 0.2) is 0 Å². The van der Waals surface area contributed by atoms with E-state index in [1.807, 2.05) is 0 Å². The molecule has 0 aromatic heterocycles. The van der Waals surface area contributed by atoms with E-state index in [0.29, 0.717) is 13.2 Å². The van der Waals surface area contributed by atoms with Gasteiger partial charge in [0.05, 0.1) is 19.3 Å². The first kappa shape index (κ1) is 16.8. The first-order valence-electron chi connectivity index (χ1n) is 6.70. The third-order valence-corrected chi connectivity index (χ3v) is 2.41. The molecule has 0 saturated heterocycles. The molecule has 0 aromatic rings. The summed E-state index contributed by atoms with van der Waals surface area (Å²) in [5.74, 6) is 0. The van der Waals surface area contributed by atoms with Gasteiger partial charge in [0.2, 0.25) is 0 Å². The SMILES string of the molecule is CCCCNCC(C)OCCOCCCOC. The van der Waals surface area contributed by atoms with Gasteiger partial charge in [-0.3, -0.25) is 0 Å². The molecule has 17 heavy (non-hydrogen) atoms. The summed E-state index contributed by atoms with van der Waals surface area (Å²) in [6, 6.07) is 0. The molecule has 0 amide bonds. The van der Waals surface area contributed by atoms with Crippen LogP contribution in [-0.4, -0.2) is 52.7 Å².